The van der Waals surface area contributed by atoms with Gasteiger partial charge in [0, 0.05) is 20.2 Å². The van der Waals surface area contributed by atoms with E-state index in [1.165, 1.54) is 6.42 Å². The summed E-state index contributed by atoms with van der Waals surface area (Å²) in [4.78, 5) is 14.0. The third kappa shape index (κ3) is 3.95. The van der Waals surface area contributed by atoms with Crippen molar-refractivity contribution in [2.24, 2.45) is 0 Å². The van der Waals surface area contributed by atoms with Crippen LogP contribution in [-0.2, 0) is 4.74 Å². The molecule has 104 valence electrons. The number of benzene rings is 1. The lowest BCUT2D eigenvalue weighted by atomic mass is 10.1. The van der Waals surface area contributed by atoms with Crippen LogP contribution in [0.5, 0.6) is 0 Å². The SMILES string of the molecule is CN(CCC1CCCCO1)C(=O)c1ccccc1Cl. The molecule has 2 rings (SSSR count). The third-order valence-corrected chi connectivity index (χ3v) is 3.84. The molecular formula is C15H20ClNO2. The van der Waals surface area contributed by atoms with E-state index >= 15 is 0 Å². The number of hydrogen-bond donors (Lipinski definition) is 0. The number of halogens is 1. The van der Waals surface area contributed by atoms with Crippen LogP contribution < -0.4 is 0 Å². The first-order chi connectivity index (χ1) is 9.18. The number of rotatable bonds is 4. The molecule has 1 aromatic rings. The normalized spacial score (nSPS) is 19.2. The standard InChI is InChI=1S/C15H20ClNO2/c1-17(10-9-12-6-4-5-11-19-12)15(18)13-7-2-3-8-14(13)16/h2-3,7-8,12H,4-6,9-11H2,1H3. The zero-order valence-corrected chi connectivity index (χ0v) is 12.0. The number of carbonyl (C=O) groups is 1. The highest BCUT2D eigenvalue weighted by Gasteiger charge is 2.18. The minimum absolute atomic E-state index is 0.0265. The Balaban J connectivity index is 1.87. The molecule has 1 aromatic carbocycles. The predicted octanol–water partition coefficient (Wildman–Crippen LogP) is 3.37. The second kappa shape index (κ2) is 6.92. The highest BCUT2D eigenvalue weighted by Crippen LogP contribution is 2.18. The van der Waals surface area contributed by atoms with E-state index in [9.17, 15) is 4.79 Å². The van der Waals surface area contributed by atoms with Crippen LogP contribution in [0, 0.1) is 0 Å². The number of ether oxygens (including phenoxy) is 1. The Morgan fingerprint density at radius 3 is 2.89 bits per heavy atom. The summed E-state index contributed by atoms with van der Waals surface area (Å²) in [6.07, 6.45) is 4.69. The van der Waals surface area contributed by atoms with Crippen molar-refractivity contribution in [2.75, 3.05) is 20.2 Å². The number of carbonyl (C=O) groups excluding carboxylic acids is 1. The lowest BCUT2D eigenvalue weighted by molar-refractivity contribution is 0.00709. The zero-order chi connectivity index (χ0) is 13.7. The summed E-state index contributed by atoms with van der Waals surface area (Å²) in [7, 11) is 1.81. The van der Waals surface area contributed by atoms with Gasteiger partial charge in [-0.3, -0.25) is 4.79 Å². The summed E-state index contributed by atoms with van der Waals surface area (Å²) in [5.74, 6) is -0.0265. The van der Waals surface area contributed by atoms with Gasteiger partial charge in [0.2, 0.25) is 0 Å². The van der Waals surface area contributed by atoms with Crippen molar-refractivity contribution < 1.29 is 9.53 Å². The van der Waals surface area contributed by atoms with Gasteiger partial charge in [0.15, 0.2) is 0 Å². The Morgan fingerprint density at radius 2 is 2.21 bits per heavy atom. The first-order valence-corrected chi connectivity index (χ1v) is 7.18. The summed E-state index contributed by atoms with van der Waals surface area (Å²) in [5.41, 5.74) is 0.566. The van der Waals surface area contributed by atoms with Crippen molar-refractivity contribution in [3.63, 3.8) is 0 Å². The molecule has 1 unspecified atom stereocenters. The van der Waals surface area contributed by atoms with Crippen molar-refractivity contribution in [1.82, 2.24) is 4.90 Å². The predicted molar refractivity (Wildman–Crippen MR) is 76.6 cm³/mol. The van der Waals surface area contributed by atoms with E-state index in [4.69, 9.17) is 16.3 Å². The van der Waals surface area contributed by atoms with Gasteiger partial charge in [0.05, 0.1) is 16.7 Å². The van der Waals surface area contributed by atoms with E-state index < -0.39 is 0 Å². The van der Waals surface area contributed by atoms with Gasteiger partial charge in [-0.05, 0) is 37.8 Å². The van der Waals surface area contributed by atoms with Crippen LogP contribution in [0.1, 0.15) is 36.0 Å². The van der Waals surface area contributed by atoms with Gasteiger partial charge in [-0.1, -0.05) is 23.7 Å². The van der Waals surface area contributed by atoms with Crippen LogP contribution in [0.15, 0.2) is 24.3 Å². The highest BCUT2D eigenvalue weighted by molar-refractivity contribution is 6.33. The molecule has 1 aliphatic rings. The van der Waals surface area contributed by atoms with Crippen molar-refractivity contribution >= 4 is 17.5 Å². The minimum Gasteiger partial charge on any atom is -0.378 e. The summed E-state index contributed by atoms with van der Waals surface area (Å²) < 4.78 is 5.67. The van der Waals surface area contributed by atoms with E-state index in [1.54, 1.807) is 17.0 Å². The zero-order valence-electron chi connectivity index (χ0n) is 11.3. The molecule has 0 radical (unpaired) electrons. The molecule has 1 amide bonds. The smallest absolute Gasteiger partial charge is 0.255 e. The van der Waals surface area contributed by atoms with Gasteiger partial charge in [-0.25, -0.2) is 0 Å². The summed E-state index contributed by atoms with van der Waals surface area (Å²) >= 11 is 6.04. The lowest BCUT2D eigenvalue weighted by Gasteiger charge is -2.25. The molecule has 1 fully saturated rings. The summed E-state index contributed by atoms with van der Waals surface area (Å²) in [6.45, 7) is 1.56. The molecule has 4 heteroatoms. The lowest BCUT2D eigenvalue weighted by Crippen LogP contribution is -2.31. The molecule has 1 saturated heterocycles. The van der Waals surface area contributed by atoms with Crippen LogP contribution in [0.3, 0.4) is 0 Å². The van der Waals surface area contributed by atoms with E-state index in [0.29, 0.717) is 23.2 Å². The second-order valence-corrected chi connectivity index (χ2v) is 5.39. The van der Waals surface area contributed by atoms with Crippen molar-refractivity contribution in [1.29, 1.82) is 0 Å². The van der Waals surface area contributed by atoms with Gasteiger partial charge < -0.3 is 9.64 Å². The van der Waals surface area contributed by atoms with Crippen LogP contribution in [0.25, 0.3) is 0 Å². The van der Waals surface area contributed by atoms with Crippen LogP contribution in [0.2, 0.25) is 5.02 Å². The maximum Gasteiger partial charge on any atom is 0.255 e. The van der Waals surface area contributed by atoms with Gasteiger partial charge in [-0.2, -0.15) is 0 Å². The molecule has 1 atom stereocenters. The Hall–Kier alpha value is -1.06. The van der Waals surface area contributed by atoms with Gasteiger partial charge in [0.1, 0.15) is 0 Å². The van der Waals surface area contributed by atoms with Crippen LogP contribution in [0.4, 0.5) is 0 Å². The fourth-order valence-corrected chi connectivity index (χ4v) is 2.53. The Labute approximate surface area is 119 Å². The molecule has 0 saturated carbocycles. The average molecular weight is 282 g/mol. The first kappa shape index (κ1) is 14.4. The maximum absolute atomic E-state index is 12.2. The molecule has 1 aliphatic heterocycles. The average Bonchev–Trinajstić information content (AvgIpc) is 2.45. The highest BCUT2D eigenvalue weighted by atomic mass is 35.5. The van der Waals surface area contributed by atoms with Gasteiger partial charge in [0.25, 0.3) is 5.91 Å². The quantitative estimate of drug-likeness (QED) is 0.847. The van der Waals surface area contributed by atoms with Crippen LogP contribution >= 0.6 is 11.6 Å². The molecule has 0 spiro atoms. The first-order valence-electron chi connectivity index (χ1n) is 6.80. The molecule has 0 aromatic heterocycles. The number of nitrogens with zero attached hydrogens (tertiary/aromatic N) is 1. The molecule has 3 nitrogen and oxygen atoms in total. The minimum atomic E-state index is -0.0265. The van der Waals surface area contributed by atoms with Crippen LogP contribution in [-0.4, -0.2) is 37.1 Å². The topological polar surface area (TPSA) is 29.5 Å². The number of amides is 1. The van der Waals surface area contributed by atoms with E-state index in [0.717, 1.165) is 25.9 Å². The van der Waals surface area contributed by atoms with Crippen molar-refractivity contribution in [3.8, 4) is 0 Å². The molecule has 0 N–H and O–H groups in total. The fourth-order valence-electron chi connectivity index (χ4n) is 2.31. The Bertz CT molecular complexity index is 430. The fraction of sp³-hybridized carbons (Fsp3) is 0.533. The summed E-state index contributed by atoms with van der Waals surface area (Å²) in [5, 5.41) is 0.508. The summed E-state index contributed by atoms with van der Waals surface area (Å²) in [6, 6.07) is 7.16. The molecule has 1 heterocycles. The number of hydrogen-bond acceptors (Lipinski definition) is 2. The van der Waals surface area contributed by atoms with E-state index in [2.05, 4.69) is 0 Å². The largest absolute Gasteiger partial charge is 0.378 e. The monoisotopic (exact) mass is 281 g/mol. The van der Waals surface area contributed by atoms with Gasteiger partial charge >= 0.3 is 0 Å². The van der Waals surface area contributed by atoms with Gasteiger partial charge in [-0.15, -0.1) is 0 Å². The maximum atomic E-state index is 12.2. The van der Waals surface area contributed by atoms with E-state index in [-0.39, 0.29) is 5.91 Å². The van der Waals surface area contributed by atoms with Crippen molar-refractivity contribution in [2.45, 2.75) is 31.8 Å². The molecular weight excluding hydrogens is 262 g/mol. The molecule has 0 aliphatic carbocycles. The Kier molecular flexibility index (Phi) is 5.23. The molecule has 19 heavy (non-hydrogen) atoms. The third-order valence-electron chi connectivity index (χ3n) is 3.51. The van der Waals surface area contributed by atoms with E-state index in [1.807, 2.05) is 19.2 Å². The molecule has 0 bridgehead atoms. The second-order valence-electron chi connectivity index (χ2n) is 4.98. The van der Waals surface area contributed by atoms with Crippen molar-refractivity contribution in [3.05, 3.63) is 34.9 Å². The Morgan fingerprint density at radius 1 is 1.42 bits per heavy atom.